The normalized spacial score (nSPS) is 13.2. The molecular weight excluding hydrogens is 224 g/mol. The minimum atomic E-state index is -1.02. The molecule has 1 aromatic heterocycles. The van der Waals surface area contributed by atoms with Crippen LogP contribution in [0.15, 0.2) is 23.1 Å². The number of benzene rings is 1. The Labute approximate surface area is 96.7 Å². The molecule has 16 heavy (non-hydrogen) atoms. The lowest BCUT2D eigenvalue weighted by Gasteiger charge is -2.00. The minimum Gasteiger partial charge on any atom is -0.377 e. The van der Waals surface area contributed by atoms with Crippen LogP contribution in [0.1, 0.15) is 5.82 Å². The molecule has 0 saturated heterocycles. The molecule has 86 valence electrons. The van der Waals surface area contributed by atoms with Crippen molar-refractivity contribution < 1.29 is 8.95 Å². The van der Waals surface area contributed by atoms with Crippen molar-refractivity contribution in [1.82, 2.24) is 9.55 Å². The summed E-state index contributed by atoms with van der Waals surface area (Å²) in [5, 5.41) is 0. The zero-order chi connectivity index (χ0) is 11.7. The second kappa shape index (κ2) is 4.35. The highest BCUT2D eigenvalue weighted by Gasteiger charge is 2.12. The van der Waals surface area contributed by atoms with Gasteiger partial charge in [-0.15, -0.1) is 0 Å². The monoisotopic (exact) mass is 238 g/mol. The van der Waals surface area contributed by atoms with Gasteiger partial charge in [0.2, 0.25) is 0 Å². The molecule has 1 atom stereocenters. The number of para-hydroxylation sites is 1. The number of hydrogen-bond donors (Lipinski definition) is 0. The maximum Gasteiger partial charge on any atom is 0.135 e. The summed E-state index contributed by atoms with van der Waals surface area (Å²) in [4.78, 5) is 5.24. The molecule has 2 rings (SSSR count). The van der Waals surface area contributed by atoms with Gasteiger partial charge in [0.1, 0.15) is 17.9 Å². The molecule has 0 bridgehead atoms. The Morgan fingerprint density at radius 2 is 2.25 bits per heavy atom. The third kappa shape index (κ3) is 1.76. The van der Waals surface area contributed by atoms with E-state index in [1.165, 1.54) is 0 Å². The highest BCUT2D eigenvalue weighted by Crippen LogP contribution is 2.21. The van der Waals surface area contributed by atoms with Crippen LogP contribution in [-0.4, -0.2) is 27.1 Å². The van der Waals surface area contributed by atoms with Crippen molar-refractivity contribution in [3.8, 4) is 0 Å². The van der Waals surface area contributed by atoms with Crippen LogP contribution in [0.2, 0.25) is 0 Å². The van der Waals surface area contributed by atoms with Gasteiger partial charge in [-0.3, -0.25) is 4.21 Å². The highest BCUT2D eigenvalue weighted by atomic mass is 32.2. The Kier molecular flexibility index (Phi) is 3.07. The van der Waals surface area contributed by atoms with Crippen LogP contribution in [0.5, 0.6) is 0 Å². The molecule has 0 radical (unpaired) electrons. The molecule has 0 spiro atoms. The Morgan fingerprint density at radius 3 is 2.88 bits per heavy atom. The van der Waals surface area contributed by atoms with Crippen LogP contribution in [0.3, 0.4) is 0 Å². The molecule has 0 amide bonds. The van der Waals surface area contributed by atoms with E-state index in [0.717, 1.165) is 21.8 Å². The second-order valence-electron chi connectivity index (χ2n) is 3.60. The number of rotatable bonds is 3. The summed E-state index contributed by atoms with van der Waals surface area (Å²) < 4.78 is 18.6. The molecule has 0 fully saturated rings. The van der Waals surface area contributed by atoms with Crippen molar-refractivity contribution in [2.45, 2.75) is 11.5 Å². The summed E-state index contributed by atoms with van der Waals surface area (Å²) in [6, 6.07) is 5.72. The zero-order valence-electron chi connectivity index (χ0n) is 9.56. The van der Waals surface area contributed by atoms with Crippen molar-refractivity contribution in [3.05, 3.63) is 24.0 Å². The SMILES string of the molecule is COCc1nc2c(S(C)=O)cccc2n1C. The van der Waals surface area contributed by atoms with E-state index < -0.39 is 10.8 Å². The topological polar surface area (TPSA) is 44.1 Å². The number of fused-ring (bicyclic) bond motifs is 1. The standard InChI is InChI=1S/C11H14N2O2S/c1-13-8-5-4-6-9(16(3)14)11(8)12-10(13)7-15-2/h4-6H,7H2,1-3H3. The van der Waals surface area contributed by atoms with Crippen molar-refractivity contribution >= 4 is 21.8 Å². The molecule has 1 unspecified atom stereocenters. The highest BCUT2D eigenvalue weighted by molar-refractivity contribution is 7.84. The summed E-state index contributed by atoms with van der Waals surface area (Å²) in [6.45, 7) is 0.459. The maximum atomic E-state index is 11.6. The van der Waals surface area contributed by atoms with Gasteiger partial charge in [0.25, 0.3) is 0 Å². The molecule has 0 saturated carbocycles. The molecule has 0 aliphatic carbocycles. The van der Waals surface area contributed by atoms with Gasteiger partial charge in [-0.1, -0.05) is 6.07 Å². The number of hydrogen-bond acceptors (Lipinski definition) is 3. The fourth-order valence-corrected chi connectivity index (χ4v) is 2.42. The van der Waals surface area contributed by atoms with E-state index in [0.29, 0.717) is 6.61 Å². The smallest absolute Gasteiger partial charge is 0.135 e. The third-order valence-electron chi connectivity index (χ3n) is 2.55. The van der Waals surface area contributed by atoms with Gasteiger partial charge in [0, 0.05) is 20.4 Å². The van der Waals surface area contributed by atoms with Crippen molar-refractivity contribution in [1.29, 1.82) is 0 Å². The molecule has 4 nitrogen and oxygen atoms in total. The fraction of sp³-hybridized carbons (Fsp3) is 0.364. The van der Waals surface area contributed by atoms with Gasteiger partial charge in [0.05, 0.1) is 21.2 Å². The minimum absolute atomic E-state index is 0.459. The zero-order valence-corrected chi connectivity index (χ0v) is 10.4. The number of aryl methyl sites for hydroxylation is 1. The van der Waals surface area contributed by atoms with E-state index in [1.54, 1.807) is 13.4 Å². The molecule has 0 N–H and O–H groups in total. The summed E-state index contributed by atoms with van der Waals surface area (Å²) in [5.41, 5.74) is 1.79. The first-order valence-electron chi connectivity index (χ1n) is 4.92. The molecule has 2 aromatic rings. The van der Waals surface area contributed by atoms with Crippen LogP contribution in [0.4, 0.5) is 0 Å². The first-order chi connectivity index (χ1) is 7.65. The molecule has 0 aliphatic heterocycles. The number of methoxy groups -OCH3 is 1. The van der Waals surface area contributed by atoms with Gasteiger partial charge in [-0.05, 0) is 12.1 Å². The maximum absolute atomic E-state index is 11.6. The molecule has 1 heterocycles. The van der Waals surface area contributed by atoms with Crippen LogP contribution >= 0.6 is 0 Å². The van der Waals surface area contributed by atoms with Gasteiger partial charge in [0.15, 0.2) is 0 Å². The Bertz CT molecular complexity index is 548. The van der Waals surface area contributed by atoms with E-state index >= 15 is 0 Å². The molecule has 5 heteroatoms. The predicted molar refractivity (Wildman–Crippen MR) is 63.8 cm³/mol. The lowest BCUT2D eigenvalue weighted by Crippen LogP contribution is -1.98. The number of imidazole rings is 1. The Hall–Kier alpha value is -1.20. The number of aromatic nitrogens is 2. The van der Waals surface area contributed by atoms with Crippen molar-refractivity contribution in [2.24, 2.45) is 7.05 Å². The first-order valence-corrected chi connectivity index (χ1v) is 6.47. The van der Waals surface area contributed by atoms with Gasteiger partial charge < -0.3 is 9.30 Å². The Balaban J connectivity index is 2.70. The van der Waals surface area contributed by atoms with E-state index in [1.807, 2.05) is 29.8 Å². The van der Waals surface area contributed by atoms with Crippen molar-refractivity contribution in [3.63, 3.8) is 0 Å². The summed E-state index contributed by atoms with van der Waals surface area (Å²) in [5.74, 6) is 0.843. The van der Waals surface area contributed by atoms with Gasteiger partial charge in [-0.25, -0.2) is 4.98 Å². The summed E-state index contributed by atoms with van der Waals surface area (Å²) >= 11 is 0. The predicted octanol–water partition coefficient (Wildman–Crippen LogP) is 1.46. The van der Waals surface area contributed by atoms with Crippen LogP contribution in [0, 0.1) is 0 Å². The average Bonchev–Trinajstić information content (AvgIpc) is 2.57. The summed E-state index contributed by atoms with van der Waals surface area (Å²) in [6.07, 6.45) is 1.67. The quantitative estimate of drug-likeness (QED) is 0.813. The average molecular weight is 238 g/mol. The number of nitrogens with zero attached hydrogens (tertiary/aromatic N) is 2. The van der Waals surface area contributed by atoms with Gasteiger partial charge in [-0.2, -0.15) is 0 Å². The molecule has 0 aliphatic rings. The largest absolute Gasteiger partial charge is 0.377 e. The lowest BCUT2D eigenvalue weighted by atomic mass is 10.3. The van der Waals surface area contributed by atoms with Crippen LogP contribution in [0.25, 0.3) is 11.0 Å². The van der Waals surface area contributed by atoms with Crippen LogP contribution < -0.4 is 0 Å². The van der Waals surface area contributed by atoms with E-state index in [9.17, 15) is 4.21 Å². The van der Waals surface area contributed by atoms with E-state index in [2.05, 4.69) is 4.98 Å². The second-order valence-corrected chi connectivity index (χ2v) is 4.95. The van der Waals surface area contributed by atoms with Gasteiger partial charge >= 0.3 is 0 Å². The van der Waals surface area contributed by atoms with Crippen molar-refractivity contribution in [2.75, 3.05) is 13.4 Å². The first kappa shape index (κ1) is 11.3. The number of ether oxygens (including phenoxy) is 1. The molecular formula is C11H14N2O2S. The fourth-order valence-electron chi connectivity index (χ4n) is 1.73. The third-order valence-corrected chi connectivity index (χ3v) is 3.50. The summed E-state index contributed by atoms with van der Waals surface area (Å²) in [7, 11) is 2.55. The lowest BCUT2D eigenvalue weighted by molar-refractivity contribution is 0.176. The molecule has 1 aromatic carbocycles. The Morgan fingerprint density at radius 1 is 1.50 bits per heavy atom. The van der Waals surface area contributed by atoms with E-state index in [4.69, 9.17) is 4.74 Å². The van der Waals surface area contributed by atoms with E-state index in [-0.39, 0.29) is 0 Å². The van der Waals surface area contributed by atoms with Crippen LogP contribution in [-0.2, 0) is 29.2 Å².